The van der Waals surface area contributed by atoms with E-state index in [1.54, 1.807) is 14.0 Å². The van der Waals surface area contributed by atoms with E-state index in [-0.39, 0.29) is 22.0 Å². The van der Waals surface area contributed by atoms with Gasteiger partial charge < -0.3 is 10.6 Å². The molecule has 2 N–H and O–H groups in total. The Hall–Kier alpha value is -1.08. The van der Waals surface area contributed by atoms with Crippen LogP contribution in [0.3, 0.4) is 0 Å². The standard InChI is InChI=1S/C12H14BrF3N2O/c1-7(6-17-2)11(19)18-10-4-8(12(14,15)16)3-9(13)5-10/h3-5,7,17H,6H2,1-2H3,(H,18,19). The molecule has 1 aromatic carbocycles. The normalized spacial score (nSPS) is 13.2. The molecule has 7 heteroatoms. The van der Waals surface area contributed by atoms with Crippen LogP contribution in [0.25, 0.3) is 0 Å². The number of carbonyl (C=O) groups is 1. The van der Waals surface area contributed by atoms with Gasteiger partial charge in [-0.25, -0.2) is 0 Å². The minimum Gasteiger partial charge on any atom is -0.326 e. The molecule has 1 rings (SSSR count). The first-order valence-corrected chi connectivity index (χ1v) is 6.36. The van der Waals surface area contributed by atoms with E-state index in [0.717, 1.165) is 12.1 Å². The first kappa shape index (κ1) is 16.0. The molecule has 0 saturated heterocycles. The number of hydrogen-bond acceptors (Lipinski definition) is 2. The summed E-state index contributed by atoms with van der Waals surface area (Å²) in [5.74, 6) is -0.668. The first-order valence-electron chi connectivity index (χ1n) is 5.57. The highest BCUT2D eigenvalue weighted by Crippen LogP contribution is 2.33. The lowest BCUT2D eigenvalue weighted by Gasteiger charge is -2.14. The Morgan fingerprint density at radius 3 is 2.53 bits per heavy atom. The van der Waals surface area contributed by atoms with E-state index < -0.39 is 11.7 Å². The SMILES string of the molecule is CNCC(C)C(=O)Nc1cc(Br)cc(C(F)(F)F)c1. The van der Waals surface area contributed by atoms with Crippen molar-refractivity contribution >= 4 is 27.5 Å². The first-order chi connectivity index (χ1) is 8.74. The largest absolute Gasteiger partial charge is 0.416 e. The van der Waals surface area contributed by atoms with E-state index in [0.29, 0.717) is 6.54 Å². The summed E-state index contributed by atoms with van der Waals surface area (Å²) >= 11 is 3.00. The lowest BCUT2D eigenvalue weighted by Crippen LogP contribution is -2.28. The third-order valence-corrected chi connectivity index (χ3v) is 2.91. The van der Waals surface area contributed by atoms with Crippen LogP contribution in [0.2, 0.25) is 0 Å². The highest BCUT2D eigenvalue weighted by molar-refractivity contribution is 9.10. The summed E-state index contributed by atoms with van der Waals surface area (Å²) in [6.45, 7) is 2.14. The predicted molar refractivity (Wildman–Crippen MR) is 70.9 cm³/mol. The van der Waals surface area contributed by atoms with Gasteiger partial charge in [0.15, 0.2) is 0 Å². The zero-order valence-corrected chi connectivity index (χ0v) is 12.0. The van der Waals surface area contributed by atoms with Crippen LogP contribution >= 0.6 is 15.9 Å². The molecule has 0 saturated carbocycles. The molecule has 0 fully saturated rings. The zero-order chi connectivity index (χ0) is 14.6. The minimum absolute atomic E-state index is 0.120. The number of halogens is 4. The van der Waals surface area contributed by atoms with Crippen LogP contribution in [0.15, 0.2) is 22.7 Å². The van der Waals surface area contributed by atoms with Crippen LogP contribution < -0.4 is 10.6 Å². The molecule has 0 heterocycles. The Morgan fingerprint density at radius 1 is 1.37 bits per heavy atom. The van der Waals surface area contributed by atoms with E-state index in [1.165, 1.54) is 6.07 Å². The van der Waals surface area contributed by atoms with Crippen molar-refractivity contribution in [3.05, 3.63) is 28.2 Å². The van der Waals surface area contributed by atoms with Crippen molar-refractivity contribution in [1.82, 2.24) is 5.32 Å². The zero-order valence-electron chi connectivity index (χ0n) is 10.4. The van der Waals surface area contributed by atoms with E-state index in [2.05, 4.69) is 26.6 Å². The van der Waals surface area contributed by atoms with Gasteiger partial charge in [0.05, 0.1) is 5.56 Å². The molecule has 1 amide bonds. The fourth-order valence-corrected chi connectivity index (χ4v) is 1.98. The fraction of sp³-hybridized carbons (Fsp3) is 0.417. The molecule has 0 aliphatic rings. The fourth-order valence-electron chi connectivity index (χ4n) is 1.49. The molecule has 0 radical (unpaired) electrons. The van der Waals surface area contributed by atoms with Gasteiger partial charge in [0.25, 0.3) is 0 Å². The Labute approximate surface area is 117 Å². The third-order valence-electron chi connectivity index (χ3n) is 2.45. The summed E-state index contributed by atoms with van der Waals surface area (Å²) in [6.07, 6.45) is -4.44. The van der Waals surface area contributed by atoms with Gasteiger partial charge in [-0.2, -0.15) is 13.2 Å². The van der Waals surface area contributed by atoms with Gasteiger partial charge >= 0.3 is 6.18 Å². The number of hydrogen-bond donors (Lipinski definition) is 2. The van der Waals surface area contributed by atoms with Crippen LogP contribution in [0, 0.1) is 5.92 Å². The molecule has 19 heavy (non-hydrogen) atoms. The molecule has 1 unspecified atom stereocenters. The van der Waals surface area contributed by atoms with E-state index in [1.807, 2.05) is 0 Å². The van der Waals surface area contributed by atoms with Crippen LogP contribution in [0.1, 0.15) is 12.5 Å². The van der Waals surface area contributed by atoms with Crippen LogP contribution in [-0.4, -0.2) is 19.5 Å². The smallest absolute Gasteiger partial charge is 0.326 e. The Bertz CT molecular complexity index is 463. The van der Waals surface area contributed by atoms with Crippen LogP contribution in [0.4, 0.5) is 18.9 Å². The third kappa shape index (κ3) is 4.83. The maximum absolute atomic E-state index is 12.6. The molecule has 0 aliphatic heterocycles. The molecule has 0 aromatic heterocycles. The van der Waals surface area contributed by atoms with E-state index in [4.69, 9.17) is 0 Å². The molecule has 1 aromatic rings. The summed E-state index contributed by atoms with van der Waals surface area (Å²) in [5.41, 5.74) is -0.687. The molecule has 106 valence electrons. The van der Waals surface area contributed by atoms with E-state index >= 15 is 0 Å². The van der Waals surface area contributed by atoms with Crippen molar-refractivity contribution in [2.75, 3.05) is 18.9 Å². The number of amides is 1. The van der Waals surface area contributed by atoms with Gasteiger partial charge in [-0.1, -0.05) is 22.9 Å². The molecule has 1 atom stereocenters. The molecular formula is C12H14BrF3N2O. The number of nitrogens with one attached hydrogen (secondary N) is 2. The lowest BCUT2D eigenvalue weighted by atomic mass is 10.1. The quantitative estimate of drug-likeness (QED) is 0.884. The summed E-state index contributed by atoms with van der Waals surface area (Å²) < 4.78 is 38.1. The van der Waals surface area contributed by atoms with Crippen molar-refractivity contribution in [1.29, 1.82) is 0 Å². The second-order valence-electron chi connectivity index (χ2n) is 4.17. The van der Waals surface area contributed by atoms with Crippen LogP contribution in [-0.2, 0) is 11.0 Å². The lowest BCUT2D eigenvalue weighted by molar-refractivity contribution is -0.137. The predicted octanol–water partition coefficient (Wildman–Crippen LogP) is 3.26. The Balaban J connectivity index is 2.90. The highest BCUT2D eigenvalue weighted by Gasteiger charge is 2.31. The van der Waals surface area contributed by atoms with Gasteiger partial charge in [-0.05, 0) is 25.2 Å². The average Bonchev–Trinajstić information content (AvgIpc) is 2.27. The number of benzene rings is 1. The molecule has 0 bridgehead atoms. The maximum atomic E-state index is 12.6. The average molecular weight is 339 g/mol. The second kappa shape index (κ2) is 6.38. The minimum atomic E-state index is -4.44. The Kier molecular flexibility index (Phi) is 5.37. The summed E-state index contributed by atoms with van der Waals surface area (Å²) in [7, 11) is 1.70. The molecular weight excluding hydrogens is 325 g/mol. The molecule has 0 spiro atoms. The number of anilines is 1. The van der Waals surface area contributed by atoms with Crippen molar-refractivity contribution in [2.24, 2.45) is 5.92 Å². The molecule has 3 nitrogen and oxygen atoms in total. The number of carbonyl (C=O) groups excluding carboxylic acids is 1. The van der Waals surface area contributed by atoms with E-state index in [9.17, 15) is 18.0 Å². The summed E-state index contributed by atoms with van der Waals surface area (Å²) in [4.78, 5) is 11.7. The van der Waals surface area contributed by atoms with Gasteiger partial charge in [-0.15, -0.1) is 0 Å². The maximum Gasteiger partial charge on any atom is 0.416 e. The van der Waals surface area contributed by atoms with Gasteiger partial charge in [-0.3, -0.25) is 4.79 Å². The highest BCUT2D eigenvalue weighted by atomic mass is 79.9. The number of alkyl halides is 3. The van der Waals surface area contributed by atoms with Crippen molar-refractivity contribution < 1.29 is 18.0 Å². The molecule has 0 aliphatic carbocycles. The monoisotopic (exact) mass is 338 g/mol. The summed E-state index contributed by atoms with van der Waals surface area (Å²) in [5, 5.41) is 5.30. The van der Waals surface area contributed by atoms with Gasteiger partial charge in [0, 0.05) is 22.6 Å². The number of rotatable bonds is 4. The van der Waals surface area contributed by atoms with Gasteiger partial charge in [0.1, 0.15) is 0 Å². The van der Waals surface area contributed by atoms with Gasteiger partial charge in [0.2, 0.25) is 5.91 Å². The van der Waals surface area contributed by atoms with Crippen LogP contribution in [0.5, 0.6) is 0 Å². The van der Waals surface area contributed by atoms with Crippen molar-refractivity contribution in [2.45, 2.75) is 13.1 Å². The second-order valence-corrected chi connectivity index (χ2v) is 5.09. The summed E-state index contributed by atoms with van der Waals surface area (Å²) in [6, 6.07) is 3.31. The Morgan fingerprint density at radius 2 is 2.00 bits per heavy atom. The van der Waals surface area contributed by atoms with Crippen molar-refractivity contribution in [3.63, 3.8) is 0 Å². The van der Waals surface area contributed by atoms with Crippen molar-refractivity contribution in [3.8, 4) is 0 Å². The topological polar surface area (TPSA) is 41.1 Å².